The van der Waals surface area contributed by atoms with E-state index in [1.54, 1.807) is 36.4 Å². The van der Waals surface area contributed by atoms with E-state index in [9.17, 15) is 22.8 Å². The van der Waals surface area contributed by atoms with E-state index in [1.807, 2.05) is 0 Å². The number of ether oxygens (including phenoxy) is 1. The lowest BCUT2D eigenvalue weighted by molar-refractivity contribution is -0.145. The number of rotatable bonds is 5. The molecular formula is C20H16F3N3O3S. The van der Waals surface area contributed by atoms with E-state index in [4.69, 9.17) is 4.74 Å². The summed E-state index contributed by atoms with van der Waals surface area (Å²) in [6, 6.07) is 12.7. The minimum atomic E-state index is -4.71. The molecular weight excluding hydrogens is 419 g/mol. The van der Waals surface area contributed by atoms with Crippen LogP contribution in [-0.2, 0) is 15.7 Å². The number of carbonyl (C=O) groups excluding carboxylic acids is 2. The summed E-state index contributed by atoms with van der Waals surface area (Å²) in [5.41, 5.74) is 0.672. The third-order valence-corrected chi connectivity index (χ3v) is 5.17. The summed E-state index contributed by atoms with van der Waals surface area (Å²) in [5.74, 6) is -2.48. The van der Waals surface area contributed by atoms with Crippen molar-refractivity contribution in [2.24, 2.45) is 0 Å². The molecule has 1 amide bonds. The molecule has 0 spiro atoms. The molecule has 1 heterocycles. The molecule has 3 aromatic rings. The molecule has 1 aromatic heterocycles. The van der Waals surface area contributed by atoms with E-state index in [1.165, 1.54) is 31.2 Å². The smallest absolute Gasteiger partial charge is 0.451 e. The predicted octanol–water partition coefficient (Wildman–Crippen LogP) is 4.19. The van der Waals surface area contributed by atoms with Crippen LogP contribution < -0.4 is 4.90 Å². The zero-order valence-electron chi connectivity index (χ0n) is 15.9. The number of fused-ring (bicyclic) bond motifs is 1. The maximum Gasteiger partial charge on any atom is 0.451 e. The van der Waals surface area contributed by atoms with Gasteiger partial charge in [-0.15, -0.1) is 0 Å². The molecule has 10 heteroatoms. The van der Waals surface area contributed by atoms with Gasteiger partial charge in [-0.05, 0) is 18.2 Å². The normalized spacial score (nSPS) is 11.4. The largest absolute Gasteiger partial charge is 0.465 e. The van der Waals surface area contributed by atoms with Crippen LogP contribution in [0.25, 0.3) is 10.9 Å². The van der Waals surface area contributed by atoms with Gasteiger partial charge in [-0.1, -0.05) is 42.1 Å². The van der Waals surface area contributed by atoms with Crippen LogP contribution in [0.3, 0.4) is 0 Å². The Kier molecular flexibility index (Phi) is 6.25. The van der Waals surface area contributed by atoms with E-state index in [2.05, 4.69) is 9.97 Å². The molecule has 0 aliphatic rings. The Balaban J connectivity index is 1.86. The molecule has 30 heavy (non-hydrogen) atoms. The second-order valence-electron chi connectivity index (χ2n) is 6.12. The molecule has 0 atom stereocenters. The van der Waals surface area contributed by atoms with Crippen molar-refractivity contribution in [3.63, 3.8) is 0 Å². The first-order valence-corrected chi connectivity index (χ1v) is 9.61. The number of esters is 1. The lowest BCUT2D eigenvalue weighted by Gasteiger charge is -2.20. The SMILES string of the molecule is COC(=O)c1ccccc1N(C)C(=O)CSc1nc(C(F)(F)F)nc2ccccc12. The lowest BCUT2D eigenvalue weighted by Crippen LogP contribution is -2.29. The summed E-state index contributed by atoms with van der Waals surface area (Å²) in [4.78, 5) is 33.1. The van der Waals surface area contributed by atoms with Gasteiger partial charge in [0.15, 0.2) is 0 Å². The highest BCUT2D eigenvalue weighted by Crippen LogP contribution is 2.32. The molecule has 0 radical (unpaired) electrons. The molecule has 2 aromatic carbocycles. The van der Waals surface area contributed by atoms with Crippen molar-refractivity contribution >= 4 is 40.2 Å². The Morgan fingerprint density at radius 2 is 1.73 bits per heavy atom. The van der Waals surface area contributed by atoms with Crippen molar-refractivity contribution in [1.29, 1.82) is 0 Å². The van der Waals surface area contributed by atoms with Gasteiger partial charge in [0.25, 0.3) is 0 Å². The van der Waals surface area contributed by atoms with Crippen molar-refractivity contribution in [2.75, 3.05) is 24.8 Å². The van der Waals surface area contributed by atoms with Crippen LogP contribution in [0.2, 0.25) is 0 Å². The number of hydrogen-bond donors (Lipinski definition) is 0. The van der Waals surface area contributed by atoms with Crippen molar-refractivity contribution in [3.8, 4) is 0 Å². The van der Waals surface area contributed by atoms with E-state index >= 15 is 0 Å². The number of methoxy groups -OCH3 is 1. The summed E-state index contributed by atoms with van der Waals surface area (Å²) in [7, 11) is 2.71. The first kappa shape index (κ1) is 21.6. The number of thioether (sulfide) groups is 1. The van der Waals surface area contributed by atoms with Crippen molar-refractivity contribution in [3.05, 3.63) is 59.9 Å². The quantitative estimate of drug-likeness (QED) is 0.340. The predicted molar refractivity (Wildman–Crippen MR) is 106 cm³/mol. The highest BCUT2D eigenvalue weighted by atomic mass is 32.2. The van der Waals surface area contributed by atoms with E-state index in [0.29, 0.717) is 11.1 Å². The zero-order valence-corrected chi connectivity index (χ0v) is 16.8. The molecule has 0 saturated heterocycles. The van der Waals surface area contributed by atoms with Crippen LogP contribution in [0.5, 0.6) is 0 Å². The van der Waals surface area contributed by atoms with Gasteiger partial charge in [-0.2, -0.15) is 13.2 Å². The van der Waals surface area contributed by atoms with Crippen molar-refractivity contribution in [1.82, 2.24) is 9.97 Å². The number of hydrogen-bond acceptors (Lipinski definition) is 6. The summed E-state index contributed by atoms with van der Waals surface area (Å²) in [5, 5.41) is 0.469. The van der Waals surface area contributed by atoms with Crippen LogP contribution in [0.1, 0.15) is 16.2 Å². The van der Waals surface area contributed by atoms with E-state index < -0.39 is 23.9 Å². The summed E-state index contributed by atoms with van der Waals surface area (Å²) < 4.78 is 44.2. The second kappa shape index (κ2) is 8.70. The van der Waals surface area contributed by atoms with Crippen molar-refractivity contribution < 1.29 is 27.5 Å². The highest BCUT2D eigenvalue weighted by Gasteiger charge is 2.35. The standard InChI is InChI=1S/C20H16F3N3O3S/c1-26(15-10-6-4-8-13(15)18(28)29-2)16(27)11-30-17-12-7-3-5-9-14(12)24-19(25-17)20(21,22)23/h3-10H,11H2,1-2H3. The zero-order chi connectivity index (χ0) is 21.9. The molecule has 0 bridgehead atoms. The Labute approximate surface area is 174 Å². The highest BCUT2D eigenvalue weighted by molar-refractivity contribution is 8.00. The third kappa shape index (κ3) is 4.54. The topological polar surface area (TPSA) is 72.4 Å². The fraction of sp³-hybridized carbons (Fsp3) is 0.200. The number of anilines is 1. The number of carbonyl (C=O) groups is 2. The fourth-order valence-electron chi connectivity index (χ4n) is 2.69. The Morgan fingerprint density at radius 3 is 2.43 bits per heavy atom. The number of aromatic nitrogens is 2. The molecule has 0 unspecified atom stereocenters. The van der Waals surface area contributed by atoms with Gasteiger partial charge >= 0.3 is 12.1 Å². The van der Waals surface area contributed by atoms with E-state index in [-0.39, 0.29) is 21.9 Å². The molecule has 0 saturated carbocycles. The number of alkyl halides is 3. The minimum Gasteiger partial charge on any atom is -0.465 e. The fourth-order valence-corrected chi connectivity index (χ4v) is 3.63. The maximum atomic E-state index is 13.1. The van der Waals surface area contributed by atoms with Gasteiger partial charge in [0.2, 0.25) is 11.7 Å². The van der Waals surface area contributed by atoms with Crippen LogP contribution >= 0.6 is 11.8 Å². The molecule has 156 valence electrons. The number of benzene rings is 2. The number of halogens is 3. The number of para-hydroxylation sites is 2. The molecule has 0 aliphatic heterocycles. The van der Waals surface area contributed by atoms with Crippen LogP contribution in [0.4, 0.5) is 18.9 Å². The third-order valence-electron chi connectivity index (χ3n) is 4.20. The molecule has 0 N–H and O–H groups in total. The lowest BCUT2D eigenvalue weighted by atomic mass is 10.1. The van der Waals surface area contributed by atoms with Gasteiger partial charge in [0, 0.05) is 12.4 Å². The number of nitrogens with zero attached hydrogens (tertiary/aromatic N) is 3. The molecule has 6 nitrogen and oxygen atoms in total. The van der Waals surface area contributed by atoms with Crippen LogP contribution in [-0.4, -0.2) is 41.8 Å². The van der Waals surface area contributed by atoms with Gasteiger partial charge < -0.3 is 9.64 Å². The van der Waals surface area contributed by atoms with Crippen LogP contribution in [0, 0.1) is 0 Å². The van der Waals surface area contributed by atoms with E-state index in [0.717, 1.165) is 11.8 Å². The maximum absolute atomic E-state index is 13.1. The number of amides is 1. The summed E-state index contributed by atoms with van der Waals surface area (Å²) in [6.45, 7) is 0. The monoisotopic (exact) mass is 435 g/mol. The first-order chi connectivity index (χ1) is 14.2. The van der Waals surface area contributed by atoms with Gasteiger partial charge in [-0.3, -0.25) is 4.79 Å². The average Bonchev–Trinajstić information content (AvgIpc) is 2.75. The summed E-state index contributed by atoms with van der Waals surface area (Å²) in [6.07, 6.45) is -4.71. The van der Waals surface area contributed by atoms with Gasteiger partial charge in [0.1, 0.15) is 5.03 Å². The second-order valence-corrected chi connectivity index (χ2v) is 7.08. The molecule has 0 aliphatic carbocycles. The molecule has 0 fully saturated rings. The van der Waals surface area contributed by atoms with Gasteiger partial charge in [-0.25, -0.2) is 14.8 Å². The summed E-state index contributed by atoms with van der Waals surface area (Å²) >= 11 is 0.873. The minimum absolute atomic E-state index is 0.0518. The Hall–Kier alpha value is -3.14. The Bertz CT molecular complexity index is 1110. The van der Waals surface area contributed by atoms with Crippen LogP contribution in [0.15, 0.2) is 53.6 Å². The Morgan fingerprint density at radius 1 is 1.07 bits per heavy atom. The first-order valence-electron chi connectivity index (χ1n) is 8.63. The van der Waals surface area contributed by atoms with Crippen molar-refractivity contribution in [2.45, 2.75) is 11.2 Å². The average molecular weight is 435 g/mol. The van der Waals surface area contributed by atoms with Gasteiger partial charge in [0.05, 0.1) is 29.6 Å². The molecule has 3 rings (SSSR count).